The monoisotopic (exact) mass is 305 g/mol. The van der Waals surface area contributed by atoms with Gasteiger partial charge in [0.25, 0.3) is 5.91 Å². The first-order valence-corrected chi connectivity index (χ1v) is 7.17. The Morgan fingerprint density at radius 1 is 1.41 bits per heavy atom. The first kappa shape index (κ1) is 14.6. The standard InChI is InChI=1S/C15H16FN3O3/c16-12-4-2-1-3-11(12)15(20)17-7-5-13-18-14(19-22-13)10-6-8-21-9-10/h1-4,10H,5-9H2,(H,17,20). The number of nitrogens with zero attached hydrogens (tertiary/aromatic N) is 2. The summed E-state index contributed by atoms with van der Waals surface area (Å²) in [5.74, 6) is 0.289. The summed E-state index contributed by atoms with van der Waals surface area (Å²) in [6.45, 7) is 1.63. The third-order valence-electron chi connectivity index (χ3n) is 3.52. The molecule has 2 aromatic rings. The lowest BCUT2D eigenvalue weighted by atomic mass is 10.1. The van der Waals surface area contributed by atoms with Gasteiger partial charge in [-0.15, -0.1) is 0 Å². The summed E-state index contributed by atoms with van der Waals surface area (Å²) in [6.07, 6.45) is 1.30. The van der Waals surface area contributed by atoms with Gasteiger partial charge in [0, 0.05) is 25.5 Å². The average Bonchev–Trinajstić information content (AvgIpc) is 3.18. The Hall–Kier alpha value is -2.28. The smallest absolute Gasteiger partial charge is 0.254 e. The van der Waals surface area contributed by atoms with Crippen molar-refractivity contribution < 1.29 is 18.4 Å². The number of hydrogen-bond donors (Lipinski definition) is 1. The molecule has 116 valence electrons. The number of benzene rings is 1. The predicted molar refractivity (Wildman–Crippen MR) is 74.9 cm³/mol. The van der Waals surface area contributed by atoms with Gasteiger partial charge in [0.2, 0.25) is 5.89 Å². The zero-order valence-electron chi connectivity index (χ0n) is 11.9. The lowest BCUT2D eigenvalue weighted by Crippen LogP contribution is -2.26. The molecule has 7 heteroatoms. The van der Waals surface area contributed by atoms with E-state index in [0.717, 1.165) is 6.42 Å². The van der Waals surface area contributed by atoms with Crippen molar-refractivity contribution in [1.82, 2.24) is 15.5 Å². The summed E-state index contributed by atoms with van der Waals surface area (Å²) in [6, 6.07) is 5.85. The molecule has 0 saturated carbocycles. The Balaban J connectivity index is 1.51. The van der Waals surface area contributed by atoms with Crippen LogP contribution in [0.1, 0.15) is 34.4 Å². The highest BCUT2D eigenvalue weighted by Gasteiger charge is 2.23. The molecular weight excluding hydrogens is 289 g/mol. The third-order valence-corrected chi connectivity index (χ3v) is 3.52. The normalized spacial score (nSPS) is 17.6. The Morgan fingerprint density at radius 3 is 3.05 bits per heavy atom. The summed E-state index contributed by atoms with van der Waals surface area (Å²) < 4.78 is 23.9. The van der Waals surface area contributed by atoms with E-state index in [0.29, 0.717) is 37.9 Å². The van der Waals surface area contributed by atoms with Crippen molar-refractivity contribution in [3.63, 3.8) is 0 Å². The van der Waals surface area contributed by atoms with Crippen LogP contribution < -0.4 is 5.32 Å². The molecule has 0 spiro atoms. The van der Waals surface area contributed by atoms with Gasteiger partial charge in [-0.1, -0.05) is 17.3 Å². The van der Waals surface area contributed by atoms with Crippen molar-refractivity contribution in [2.45, 2.75) is 18.8 Å². The highest BCUT2D eigenvalue weighted by Crippen LogP contribution is 2.22. The minimum Gasteiger partial charge on any atom is -0.381 e. The van der Waals surface area contributed by atoms with Crippen LogP contribution in [0.25, 0.3) is 0 Å². The predicted octanol–water partition coefficient (Wildman–Crippen LogP) is 1.69. The van der Waals surface area contributed by atoms with Gasteiger partial charge in [0.1, 0.15) is 5.82 Å². The Bertz CT molecular complexity index is 653. The second-order valence-electron chi connectivity index (χ2n) is 5.09. The van der Waals surface area contributed by atoms with Crippen LogP contribution in [0.15, 0.2) is 28.8 Å². The molecule has 2 heterocycles. The first-order valence-electron chi connectivity index (χ1n) is 7.17. The van der Waals surface area contributed by atoms with Gasteiger partial charge in [0.15, 0.2) is 5.82 Å². The molecule has 0 radical (unpaired) electrons. The molecule has 1 atom stereocenters. The molecule has 1 aromatic carbocycles. The molecule has 22 heavy (non-hydrogen) atoms. The van der Waals surface area contributed by atoms with E-state index in [9.17, 15) is 9.18 Å². The molecule has 6 nitrogen and oxygen atoms in total. The number of amides is 1. The van der Waals surface area contributed by atoms with Crippen molar-refractivity contribution in [2.24, 2.45) is 0 Å². The molecular formula is C15H16FN3O3. The fourth-order valence-corrected chi connectivity index (χ4v) is 2.30. The maximum atomic E-state index is 13.5. The van der Waals surface area contributed by atoms with Crippen molar-refractivity contribution in [3.8, 4) is 0 Å². The van der Waals surface area contributed by atoms with E-state index >= 15 is 0 Å². The van der Waals surface area contributed by atoms with Gasteiger partial charge in [-0.05, 0) is 18.6 Å². The fourth-order valence-electron chi connectivity index (χ4n) is 2.30. The molecule has 0 aliphatic carbocycles. The van der Waals surface area contributed by atoms with Gasteiger partial charge in [-0.2, -0.15) is 4.98 Å². The van der Waals surface area contributed by atoms with E-state index in [1.165, 1.54) is 12.1 Å². The lowest BCUT2D eigenvalue weighted by molar-refractivity contribution is 0.0949. The van der Waals surface area contributed by atoms with Crippen LogP contribution in [0, 0.1) is 5.82 Å². The fraction of sp³-hybridized carbons (Fsp3) is 0.400. The molecule has 1 saturated heterocycles. The summed E-state index contributed by atoms with van der Waals surface area (Å²) in [4.78, 5) is 16.1. The van der Waals surface area contributed by atoms with E-state index in [2.05, 4.69) is 15.5 Å². The SMILES string of the molecule is O=C(NCCc1nc(C2CCOC2)no1)c1ccccc1F. The summed E-state index contributed by atoms with van der Waals surface area (Å²) in [5.41, 5.74) is 0.0248. The maximum absolute atomic E-state index is 13.5. The molecule has 1 N–H and O–H groups in total. The zero-order chi connectivity index (χ0) is 15.4. The number of carbonyl (C=O) groups is 1. The number of ether oxygens (including phenoxy) is 1. The highest BCUT2D eigenvalue weighted by molar-refractivity contribution is 5.94. The van der Waals surface area contributed by atoms with E-state index in [1.807, 2.05) is 0 Å². The summed E-state index contributed by atoms with van der Waals surface area (Å²) >= 11 is 0. The van der Waals surface area contributed by atoms with Crippen molar-refractivity contribution >= 4 is 5.91 Å². The second kappa shape index (κ2) is 6.65. The molecule has 1 aliphatic heterocycles. The maximum Gasteiger partial charge on any atom is 0.254 e. The first-order chi connectivity index (χ1) is 10.7. The van der Waals surface area contributed by atoms with Crippen molar-refractivity contribution in [2.75, 3.05) is 19.8 Å². The van der Waals surface area contributed by atoms with Crippen LogP contribution in [-0.4, -0.2) is 35.8 Å². The number of hydrogen-bond acceptors (Lipinski definition) is 5. The number of halogens is 1. The average molecular weight is 305 g/mol. The highest BCUT2D eigenvalue weighted by atomic mass is 19.1. The lowest BCUT2D eigenvalue weighted by Gasteiger charge is -2.04. The van der Waals surface area contributed by atoms with Gasteiger partial charge in [-0.3, -0.25) is 4.79 Å². The summed E-state index contributed by atoms with van der Waals surface area (Å²) in [5, 5.41) is 6.57. The molecule has 1 fully saturated rings. The van der Waals surface area contributed by atoms with Crippen LogP contribution in [0.3, 0.4) is 0 Å². The van der Waals surface area contributed by atoms with E-state index in [4.69, 9.17) is 9.26 Å². The molecule has 1 aromatic heterocycles. The number of aromatic nitrogens is 2. The van der Waals surface area contributed by atoms with Gasteiger partial charge < -0.3 is 14.6 Å². The van der Waals surface area contributed by atoms with Crippen LogP contribution in [0.5, 0.6) is 0 Å². The van der Waals surface area contributed by atoms with E-state index in [-0.39, 0.29) is 11.5 Å². The minimum absolute atomic E-state index is 0.0248. The quantitative estimate of drug-likeness (QED) is 0.909. The van der Waals surface area contributed by atoms with Crippen molar-refractivity contribution in [1.29, 1.82) is 0 Å². The van der Waals surface area contributed by atoms with E-state index in [1.54, 1.807) is 12.1 Å². The van der Waals surface area contributed by atoms with Crippen LogP contribution in [0.4, 0.5) is 4.39 Å². The Morgan fingerprint density at radius 2 is 2.27 bits per heavy atom. The number of carbonyl (C=O) groups excluding carboxylic acids is 1. The number of nitrogens with one attached hydrogen (secondary N) is 1. The minimum atomic E-state index is -0.540. The Kier molecular flexibility index (Phi) is 4.43. The van der Waals surface area contributed by atoms with E-state index < -0.39 is 11.7 Å². The topological polar surface area (TPSA) is 77.2 Å². The number of rotatable bonds is 5. The van der Waals surface area contributed by atoms with Crippen LogP contribution in [-0.2, 0) is 11.2 Å². The molecule has 1 amide bonds. The molecule has 0 bridgehead atoms. The zero-order valence-corrected chi connectivity index (χ0v) is 11.9. The Labute approximate surface area is 126 Å². The summed E-state index contributed by atoms with van der Waals surface area (Å²) in [7, 11) is 0. The van der Waals surface area contributed by atoms with Crippen LogP contribution in [0.2, 0.25) is 0 Å². The molecule has 3 rings (SSSR count). The molecule has 1 aliphatic rings. The van der Waals surface area contributed by atoms with Gasteiger partial charge in [0.05, 0.1) is 12.2 Å². The second-order valence-corrected chi connectivity index (χ2v) is 5.09. The largest absolute Gasteiger partial charge is 0.381 e. The van der Waals surface area contributed by atoms with Gasteiger partial charge >= 0.3 is 0 Å². The van der Waals surface area contributed by atoms with Gasteiger partial charge in [-0.25, -0.2) is 4.39 Å². The van der Waals surface area contributed by atoms with Crippen LogP contribution >= 0.6 is 0 Å². The third kappa shape index (κ3) is 3.30. The molecule has 1 unspecified atom stereocenters. The van der Waals surface area contributed by atoms with Crippen molar-refractivity contribution in [3.05, 3.63) is 47.4 Å².